The van der Waals surface area contributed by atoms with Gasteiger partial charge >= 0.3 is 0 Å². The molecule has 0 saturated carbocycles. The van der Waals surface area contributed by atoms with E-state index in [4.69, 9.17) is 32.0 Å². The molecule has 0 fully saturated rings. The van der Waals surface area contributed by atoms with Crippen molar-refractivity contribution in [1.82, 2.24) is 4.98 Å². The normalized spacial score (nSPS) is 12.1. The van der Waals surface area contributed by atoms with Crippen molar-refractivity contribution >= 4 is 45.9 Å². The molecular formula is C28H22Cl2N2O3. The van der Waals surface area contributed by atoms with E-state index in [-0.39, 0.29) is 11.7 Å². The Labute approximate surface area is 212 Å². The van der Waals surface area contributed by atoms with Crippen LogP contribution in [-0.4, -0.2) is 10.9 Å². The largest absolute Gasteiger partial charge is 0.451 e. The minimum absolute atomic E-state index is 0.186. The lowest BCUT2D eigenvalue weighted by atomic mass is 9.98. The second-order valence-electron chi connectivity index (χ2n) is 8.38. The highest BCUT2D eigenvalue weighted by atomic mass is 35.5. The number of carbonyl (C=O) groups is 1. The lowest BCUT2D eigenvalue weighted by Crippen LogP contribution is -2.10. The molecule has 0 unspecified atom stereocenters. The highest BCUT2D eigenvalue weighted by molar-refractivity contribution is 6.42. The summed E-state index contributed by atoms with van der Waals surface area (Å²) in [4.78, 5) is 17.3. The lowest BCUT2D eigenvalue weighted by Gasteiger charge is -2.07. The molecule has 1 N–H and O–H groups in total. The van der Waals surface area contributed by atoms with Crippen LogP contribution in [0.1, 0.15) is 42.3 Å². The lowest BCUT2D eigenvalue weighted by molar-refractivity contribution is 0.0997. The second-order valence-corrected chi connectivity index (χ2v) is 9.19. The van der Waals surface area contributed by atoms with Gasteiger partial charge in [0.15, 0.2) is 11.3 Å². The van der Waals surface area contributed by atoms with Crippen molar-refractivity contribution in [3.8, 4) is 22.8 Å². The van der Waals surface area contributed by atoms with E-state index >= 15 is 0 Å². The molecule has 176 valence electrons. The van der Waals surface area contributed by atoms with Crippen LogP contribution in [0.25, 0.3) is 33.9 Å². The Morgan fingerprint density at radius 2 is 1.69 bits per heavy atom. The molecule has 0 aliphatic carbocycles. The summed E-state index contributed by atoms with van der Waals surface area (Å²) in [5.74, 6) is 1.36. The smallest absolute Gasteiger partial charge is 0.291 e. The fourth-order valence-electron chi connectivity index (χ4n) is 3.76. The molecule has 2 aromatic heterocycles. The molecule has 0 aliphatic rings. The number of fused-ring (bicyclic) bond motifs is 1. The minimum Gasteiger partial charge on any atom is -0.451 e. The molecule has 0 aliphatic heterocycles. The summed E-state index contributed by atoms with van der Waals surface area (Å²) in [6.45, 7) is 4.37. The molecule has 3 aromatic carbocycles. The number of rotatable bonds is 6. The quantitative estimate of drug-likeness (QED) is 0.250. The van der Waals surface area contributed by atoms with Gasteiger partial charge in [-0.25, -0.2) is 4.98 Å². The SMILES string of the molecule is CC[C@H](C)c1ccc2oc(-c3ccc(NC(=O)c4ccc(-c5ccc(Cl)c(Cl)c5)o4)cc3)nc2c1. The van der Waals surface area contributed by atoms with E-state index in [1.807, 2.05) is 18.2 Å². The second kappa shape index (κ2) is 9.61. The van der Waals surface area contributed by atoms with Crippen molar-refractivity contribution in [1.29, 1.82) is 0 Å². The van der Waals surface area contributed by atoms with Crippen molar-refractivity contribution in [3.63, 3.8) is 0 Å². The van der Waals surface area contributed by atoms with Crippen LogP contribution in [0.4, 0.5) is 5.69 Å². The fraction of sp³-hybridized carbons (Fsp3) is 0.143. The van der Waals surface area contributed by atoms with E-state index < -0.39 is 0 Å². The van der Waals surface area contributed by atoms with E-state index in [0.29, 0.717) is 33.3 Å². The zero-order chi connectivity index (χ0) is 24.5. The molecule has 0 saturated heterocycles. The number of halogens is 2. The average molecular weight is 505 g/mol. The monoisotopic (exact) mass is 504 g/mol. The number of aromatic nitrogens is 1. The molecule has 0 bridgehead atoms. The van der Waals surface area contributed by atoms with Crippen LogP contribution in [0.3, 0.4) is 0 Å². The zero-order valence-electron chi connectivity index (χ0n) is 19.1. The molecular weight excluding hydrogens is 483 g/mol. The van der Waals surface area contributed by atoms with Gasteiger partial charge in [0.05, 0.1) is 10.0 Å². The third-order valence-corrected chi connectivity index (χ3v) is 6.76. The van der Waals surface area contributed by atoms with Crippen LogP contribution in [0.5, 0.6) is 0 Å². The van der Waals surface area contributed by atoms with E-state index in [2.05, 4.69) is 36.3 Å². The fourth-order valence-corrected chi connectivity index (χ4v) is 4.06. The van der Waals surface area contributed by atoms with Gasteiger partial charge in [-0.15, -0.1) is 0 Å². The summed E-state index contributed by atoms with van der Waals surface area (Å²) >= 11 is 12.1. The Morgan fingerprint density at radius 3 is 2.43 bits per heavy atom. The van der Waals surface area contributed by atoms with E-state index in [9.17, 15) is 4.79 Å². The predicted octanol–water partition coefficient (Wildman–Crippen LogP) is 8.83. The summed E-state index contributed by atoms with van der Waals surface area (Å²) in [6.07, 6.45) is 1.07. The first-order valence-electron chi connectivity index (χ1n) is 11.3. The van der Waals surface area contributed by atoms with Crippen molar-refractivity contribution in [2.45, 2.75) is 26.2 Å². The molecule has 0 radical (unpaired) electrons. The first kappa shape index (κ1) is 23.2. The number of nitrogens with zero attached hydrogens (tertiary/aromatic N) is 1. The van der Waals surface area contributed by atoms with Crippen LogP contribution >= 0.6 is 23.2 Å². The third-order valence-electron chi connectivity index (χ3n) is 6.02. The van der Waals surface area contributed by atoms with E-state index in [1.165, 1.54) is 5.56 Å². The van der Waals surface area contributed by atoms with Crippen LogP contribution in [-0.2, 0) is 0 Å². The molecule has 5 nitrogen and oxygen atoms in total. The van der Waals surface area contributed by atoms with Gasteiger partial charge in [-0.1, -0.05) is 43.1 Å². The standard InChI is InChI=1S/C28H22Cl2N2O3/c1-3-16(2)18-7-11-25-23(15-18)32-28(35-25)17-4-8-20(9-5-17)31-27(33)26-13-12-24(34-26)19-6-10-21(29)22(30)14-19/h4-16H,3H2,1-2H3,(H,31,33)/t16-/m0/s1. The van der Waals surface area contributed by atoms with Gasteiger partial charge in [0.1, 0.15) is 11.3 Å². The van der Waals surface area contributed by atoms with Crippen molar-refractivity contribution in [3.05, 3.63) is 94.2 Å². The Balaban J connectivity index is 1.30. The maximum absolute atomic E-state index is 12.7. The Morgan fingerprint density at radius 1 is 0.914 bits per heavy atom. The van der Waals surface area contributed by atoms with E-state index in [1.54, 1.807) is 42.5 Å². The van der Waals surface area contributed by atoms with Crippen LogP contribution in [0.2, 0.25) is 10.0 Å². The predicted molar refractivity (Wildman–Crippen MR) is 140 cm³/mol. The summed E-state index contributed by atoms with van der Waals surface area (Å²) in [5, 5.41) is 3.72. The van der Waals surface area contributed by atoms with Gasteiger partial charge in [0, 0.05) is 16.8 Å². The molecule has 35 heavy (non-hydrogen) atoms. The third kappa shape index (κ3) is 4.83. The number of carbonyl (C=O) groups excluding carboxylic acids is 1. The van der Waals surface area contributed by atoms with Crippen LogP contribution < -0.4 is 5.32 Å². The molecule has 5 rings (SSSR count). The number of furan rings is 1. The Kier molecular flexibility index (Phi) is 6.37. The van der Waals surface area contributed by atoms with Crippen molar-refractivity contribution < 1.29 is 13.6 Å². The average Bonchev–Trinajstić information content (AvgIpc) is 3.53. The number of nitrogens with one attached hydrogen (secondary N) is 1. The summed E-state index contributed by atoms with van der Waals surface area (Å²) in [7, 11) is 0. The number of anilines is 1. The summed E-state index contributed by atoms with van der Waals surface area (Å²) in [5.41, 5.74) is 5.02. The molecule has 2 heterocycles. The summed E-state index contributed by atoms with van der Waals surface area (Å²) < 4.78 is 11.7. The van der Waals surface area contributed by atoms with E-state index in [0.717, 1.165) is 28.6 Å². The summed E-state index contributed by atoms with van der Waals surface area (Å²) in [6, 6.07) is 22.0. The highest BCUT2D eigenvalue weighted by Gasteiger charge is 2.15. The molecule has 1 atom stereocenters. The van der Waals surface area contributed by atoms with Gasteiger partial charge in [0.25, 0.3) is 5.91 Å². The van der Waals surface area contributed by atoms with Crippen molar-refractivity contribution in [2.75, 3.05) is 5.32 Å². The number of amides is 1. The first-order valence-corrected chi connectivity index (χ1v) is 12.0. The zero-order valence-corrected chi connectivity index (χ0v) is 20.7. The Hall–Kier alpha value is -3.54. The van der Waals surface area contributed by atoms with Gasteiger partial charge in [0.2, 0.25) is 5.89 Å². The number of hydrogen-bond acceptors (Lipinski definition) is 4. The van der Waals surface area contributed by atoms with Crippen LogP contribution in [0.15, 0.2) is 81.6 Å². The van der Waals surface area contributed by atoms with Crippen molar-refractivity contribution in [2.24, 2.45) is 0 Å². The van der Waals surface area contributed by atoms with Gasteiger partial charge in [-0.3, -0.25) is 4.79 Å². The maximum atomic E-state index is 12.7. The Bertz CT molecular complexity index is 1520. The number of hydrogen-bond donors (Lipinski definition) is 1. The molecule has 5 aromatic rings. The number of oxazole rings is 1. The molecule has 0 spiro atoms. The minimum atomic E-state index is -0.358. The van der Waals surface area contributed by atoms with Gasteiger partial charge < -0.3 is 14.2 Å². The van der Waals surface area contributed by atoms with Gasteiger partial charge in [-0.2, -0.15) is 0 Å². The van der Waals surface area contributed by atoms with Crippen LogP contribution in [0, 0.1) is 0 Å². The molecule has 7 heteroatoms. The first-order chi connectivity index (χ1) is 16.9. The van der Waals surface area contributed by atoms with Gasteiger partial charge in [-0.05, 0) is 84.6 Å². The number of benzene rings is 3. The highest BCUT2D eigenvalue weighted by Crippen LogP contribution is 2.31. The molecule has 1 amide bonds. The maximum Gasteiger partial charge on any atom is 0.291 e. The topological polar surface area (TPSA) is 68.3 Å².